The minimum absolute atomic E-state index is 0.0750. The van der Waals surface area contributed by atoms with Gasteiger partial charge in [-0.15, -0.1) is 0 Å². The number of amides is 1. The second-order valence-electron chi connectivity index (χ2n) is 6.50. The Morgan fingerprint density at radius 2 is 2.15 bits per heavy atom. The lowest BCUT2D eigenvalue weighted by molar-refractivity contribution is -0.130. The summed E-state index contributed by atoms with van der Waals surface area (Å²) in [5.74, 6) is 0.715. The molecule has 0 saturated carbocycles. The van der Waals surface area contributed by atoms with Crippen LogP contribution in [0.2, 0.25) is 0 Å². The maximum Gasteiger partial charge on any atom is 0.222 e. The summed E-state index contributed by atoms with van der Waals surface area (Å²) in [5, 5.41) is 3.78. The molecule has 3 rings (SSSR count). The van der Waals surface area contributed by atoms with Gasteiger partial charge in [0.1, 0.15) is 17.4 Å². The van der Waals surface area contributed by atoms with Gasteiger partial charge in [-0.3, -0.25) is 4.79 Å². The maximum absolute atomic E-state index is 14.0. The Bertz CT molecular complexity index is 774. The summed E-state index contributed by atoms with van der Waals surface area (Å²) in [5.41, 5.74) is 2.20. The molecule has 1 aromatic heterocycles. The van der Waals surface area contributed by atoms with Crippen molar-refractivity contribution in [3.05, 3.63) is 52.4 Å². The van der Waals surface area contributed by atoms with Crippen molar-refractivity contribution in [1.82, 2.24) is 10.1 Å². The Hall–Kier alpha value is -1.89. The summed E-state index contributed by atoms with van der Waals surface area (Å²) in [4.78, 5) is 14.4. The third kappa shape index (κ3) is 4.26. The average Bonchev–Trinajstić information content (AvgIpc) is 2.82. The van der Waals surface area contributed by atoms with Gasteiger partial charge in [-0.05, 0) is 44.9 Å². The summed E-state index contributed by atoms with van der Waals surface area (Å²) in [6.45, 7) is 4.89. The van der Waals surface area contributed by atoms with Crippen LogP contribution in [0.15, 0.2) is 22.7 Å². The van der Waals surface area contributed by atoms with Crippen molar-refractivity contribution in [2.24, 2.45) is 0 Å². The highest BCUT2D eigenvalue weighted by molar-refractivity contribution is 7.99. The number of benzene rings is 1. The van der Waals surface area contributed by atoms with E-state index in [0.717, 1.165) is 23.1 Å². The number of carbonyl (C=O) groups is 1. The molecule has 2 heterocycles. The van der Waals surface area contributed by atoms with Crippen LogP contribution >= 0.6 is 11.8 Å². The first-order chi connectivity index (χ1) is 12.5. The van der Waals surface area contributed by atoms with E-state index in [9.17, 15) is 13.6 Å². The Labute approximate surface area is 155 Å². The second-order valence-corrected chi connectivity index (χ2v) is 7.81. The van der Waals surface area contributed by atoms with E-state index >= 15 is 0 Å². The van der Waals surface area contributed by atoms with Gasteiger partial charge in [0, 0.05) is 41.6 Å². The molecule has 1 aliphatic heterocycles. The lowest BCUT2D eigenvalue weighted by Crippen LogP contribution is -2.33. The monoisotopic (exact) mass is 380 g/mol. The average molecular weight is 380 g/mol. The van der Waals surface area contributed by atoms with E-state index in [0.29, 0.717) is 43.7 Å². The van der Waals surface area contributed by atoms with Crippen LogP contribution in [-0.4, -0.2) is 34.8 Å². The zero-order valence-electron chi connectivity index (χ0n) is 14.9. The highest BCUT2D eigenvalue weighted by Gasteiger charge is 2.24. The van der Waals surface area contributed by atoms with E-state index in [1.165, 1.54) is 12.1 Å². The van der Waals surface area contributed by atoms with E-state index in [1.54, 1.807) is 11.8 Å². The van der Waals surface area contributed by atoms with Gasteiger partial charge in [0.2, 0.25) is 5.91 Å². The summed E-state index contributed by atoms with van der Waals surface area (Å²) in [7, 11) is 0. The Morgan fingerprint density at radius 1 is 1.35 bits per heavy atom. The molecule has 1 aromatic carbocycles. The van der Waals surface area contributed by atoms with Crippen LogP contribution < -0.4 is 0 Å². The number of hydrogen-bond acceptors (Lipinski definition) is 4. The lowest BCUT2D eigenvalue weighted by Gasteiger charge is -2.20. The van der Waals surface area contributed by atoms with Crippen LogP contribution in [0.4, 0.5) is 8.78 Å². The van der Waals surface area contributed by atoms with E-state index in [4.69, 9.17) is 4.52 Å². The molecule has 0 spiro atoms. The van der Waals surface area contributed by atoms with Gasteiger partial charge in [-0.25, -0.2) is 8.78 Å². The molecule has 7 heteroatoms. The fourth-order valence-electron chi connectivity index (χ4n) is 3.28. The molecule has 1 aliphatic rings. The van der Waals surface area contributed by atoms with Gasteiger partial charge in [0.25, 0.3) is 0 Å². The topological polar surface area (TPSA) is 46.3 Å². The summed E-state index contributed by atoms with van der Waals surface area (Å²) in [6.07, 6.45) is 1.61. The van der Waals surface area contributed by atoms with Crippen molar-refractivity contribution in [2.45, 2.75) is 38.4 Å². The van der Waals surface area contributed by atoms with Crippen molar-refractivity contribution >= 4 is 17.7 Å². The Morgan fingerprint density at radius 3 is 2.88 bits per heavy atom. The van der Waals surface area contributed by atoms with Gasteiger partial charge < -0.3 is 9.42 Å². The molecule has 2 aromatic rings. The zero-order valence-corrected chi connectivity index (χ0v) is 15.7. The van der Waals surface area contributed by atoms with Gasteiger partial charge in [-0.2, -0.15) is 11.8 Å². The second kappa shape index (κ2) is 8.20. The van der Waals surface area contributed by atoms with Crippen LogP contribution in [0.25, 0.3) is 0 Å². The molecule has 26 heavy (non-hydrogen) atoms. The van der Waals surface area contributed by atoms with Crippen molar-refractivity contribution in [2.75, 3.05) is 18.8 Å². The number of aromatic nitrogens is 1. The lowest BCUT2D eigenvalue weighted by atomic mass is 10.1. The largest absolute Gasteiger partial charge is 0.361 e. The molecule has 1 unspecified atom stereocenters. The number of carbonyl (C=O) groups excluding carboxylic acids is 1. The van der Waals surface area contributed by atoms with E-state index in [1.807, 2.05) is 18.7 Å². The number of nitrogens with zero attached hydrogens (tertiary/aromatic N) is 2. The van der Waals surface area contributed by atoms with E-state index in [-0.39, 0.29) is 17.0 Å². The minimum Gasteiger partial charge on any atom is -0.361 e. The normalized spacial score (nSPS) is 18.0. The molecular weight excluding hydrogens is 358 g/mol. The van der Waals surface area contributed by atoms with Crippen LogP contribution in [-0.2, 0) is 11.2 Å². The van der Waals surface area contributed by atoms with Crippen molar-refractivity contribution in [3.8, 4) is 0 Å². The first-order valence-corrected chi connectivity index (χ1v) is 9.76. The van der Waals surface area contributed by atoms with Gasteiger partial charge in [0.05, 0.1) is 5.69 Å². The third-order valence-electron chi connectivity index (χ3n) is 4.77. The molecule has 1 amide bonds. The first kappa shape index (κ1) is 18.9. The SMILES string of the molecule is Cc1noc(C)c1CCC(=O)N1CCSC(c2cc(F)ccc2F)CC1. The highest BCUT2D eigenvalue weighted by atomic mass is 32.2. The number of thioether (sulfide) groups is 1. The molecule has 4 nitrogen and oxygen atoms in total. The molecule has 1 saturated heterocycles. The van der Waals surface area contributed by atoms with Crippen LogP contribution in [0.1, 0.15) is 40.7 Å². The summed E-state index contributed by atoms with van der Waals surface area (Å²) >= 11 is 1.58. The van der Waals surface area contributed by atoms with Gasteiger partial charge >= 0.3 is 0 Å². The highest BCUT2D eigenvalue weighted by Crippen LogP contribution is 2.36. The fourth-order valence-corrected chi connectivity index (χ4v) is 4.52. The molecule has 0 radical (unpaired) electrons. The molecule has 0 bridgehead atoms. The van der Waals surface area contributed by atoms with Crippen molar-refractivity contribution in [3.63, 3.8) is 0 Å². The predicted molar refractivity (Wildman–Crippen MR) is 97.1 cm³/mol. The molecule has 0 aliphatic carbocycles. The molecule has 140 valence electrons. The molecule has 0 N–H and O–H groups in total. The predicted octanol–water partition coefficient (Wildman–Crippen LogP) is 4.21. The summed E-state index contributed by atoms with van der Waals surface area (Å²) in [6, 6.07) is 3.56. The van der Waals surface area contributed by atoms with Gasteiger partial charge in [-0.1, -0.05) is 5.16 Å². The van der Waals surface area contributed by atoms with E-state index in [2.05, 4.69) is 5.16 Å². The standard InChI is InChI=1S/C19H22F2N2O2S/c1-12-15(13(2)25-22-12)4-6-19(24)23-8-7-18(26-10-9-23)16-11-14(20)3-5-17(16)21/h3,5,11,18H,4,6-10H2,1-2H3. The van der Waals surface area contributed by atoms with E-state index < -0.39 is 5.82 Å². The summed E-state index contributed by atoms with van der Waals surface area (Å²) < 4.78 is 32.6. The number of hydrogen-bond donors (Lipinski definition) is 0. The fraction of sp³-hybridized carbons (Fsp3) is 0.474. The zero-order chi connectivity index (χ0) is 18.7. The number of aryl methyl sites for hydroxylation is 2. The molecular formula is C19H22F2N2O2S. The Balaban J connectivity index is 1.59. The Kier molecular flexibility index (Phi) is 5.96. The molecule has 1 fully saturated rings. The number of halogens is 2. The van der Waals surface area contributed by atoms with Crippen molar-refractivity contribution in [1.29, 1.82) is 0 Å². The van der Waals surface area contributed by atoms with Crippen molar-refractivity contribution < 1.29 is 18.1 Å². The van der Waals surface area contributed by atoms with Crippen LogP contribution in [0.3, 0.4) is 0 Å². The number of rotatable bonds is 4. The van der Waals surface area contributed by atoms with Crippen LogP contribution in [0, 0.1) is 25.5 Å². The maximum atomic E-state index is 14.0. The smallest absolute Gasteiger partial charge is 0.222 e. The minimum atomic E-state index is -0.432. The van der Waals surface area contributed by atoms with Gasteiger partial charge in [0.15, 0.2) is 0 Å². The first-order valence-electron chi connectivity index (χ1n) is 8.71. The van der Waals surface area contributed by atoms with Crippen LogP contribution in [0.5, 0.6) is 0 Å². The third-order valence-corrected chi connectivity index (χ3v) is 6.08. The quantitative estimate of drug-likeness (QED) is 0.797. The molecule has 1 atom stereocenters.